The predicted molar refractivity (Wildman–Crippen MR) is 168 cm³/mol. The molecule has 12 heteroatoms. The van der Waals surface area contributed by atoms with Gasteiger partial charge in [0, 0.05) is 54.4 Å². The van der Waals surface area contributed by atoms with E-state index in [4.69, 9.17) is 0 Å². The first-order valence-corrected chi connectivity index (χ1v) is 15.1. The molecular weight excluding hydrogens is 594 g/mol. The van der Waals surface area contributed by atoms with Crippen LogP contribution < -0.4 is 5.32 Å². The molecule has 0 saturated carbocycles. The lowest BCUT2D eigenvalue weighted by molar-refractivity contribution is 0.210. The number of amides is 2. The molecule has 9 nitrogen and oxygen atoms in total. The molecule has 0 saturated heterocycles. The number of anilines is 1. The van der Waals surface area contributed by atoms with Crippen LogP contribution in [0.5, 0.6) is 0 Å². The molecule has 6 rings (SSSR count). The number of hydrogen-bond donors (Lipinski definition) is 1. The van der Waals surface area contributed by atoms with Crippen molar-refractivity contribution in [3.8, 4) is 17.1 Å². The maximum absolute atomic E-state index is 13.7. The van der Waals surface area contributed by atoms with E-state index >= 15 is 0 Å². The van der Waals surface area contributed by atoms with Crippen LogP contribution in [0.3, 0.4) is 0 Å². The van der Waals surface area contributed by atoms with Crippen molar-refractivity contribution in [1.82, 2.24) is 34.2 Å². The Morgan fingerprint density at radius 1 is 0.867 bits per heavy atom. The Bertz CT molecular complexity index is 1770. The van der Waals surface area contributed by atoms with E-state index < -0.39 is 0 Å². The van der Waals surface area contributed by atoms with Crippen LogP contribution in [0.1, 0.15) is 29.2 Å². The SMILES string of the molecule is O=C(Nc1nc(-c2ccc(-n3ccnn3)cc2)ns1)N(CCc1ccccn1)CCC(c1ccc(F)cc1)c1ccc(F)cc1. The summed E-state index contributed by atoms with van der Waals surface area (Å²) in [5.41, 5.74) is 4.25. The second-order valence-corrected chi connectivity index (χ2v) is 11.0. The van der Waals surface area contributed by atoms with Crippen molar-refractivity contribution >= 4 is 22.7 Å². The van der Waals surface area contributed by atoms with E-state index in [0.29, 0.717) is 36.9 Å². The Kier molecular flexibility index (Phi) is 9.21. The van der Waals surface area contributed by atoms with Crippen LogP contribution in [0.25, 0.3) is 17.1 Å². The third-order valence-corrected chi connectivity index (χ3v) is 7.97. The van der Waals surface area contributed by atoms with Crippen LogP contribution in [-0.4, -0.2) is 53.4 Å². The standard InChI is InChI=1S/C33H28F2N8OS/c34-26-10-4-23(5-11-26)30(24-6-12-27(35)13-7-24)17-21-42(20-16-28-3-1-2-18-36-28)33(44)39-32-38-31(40-45-32)25-8-14-29(15-9-25)43-22-19-37-41-43/h1-15,18-19,22,30H,16-17,20-21H2,(H,38,39,40,44). The molecule has 0 spiro atoms. The molecule has 0 unspecified atom stereocenters. The van der Waals surface area contributed by atoms with Gasteiger partial charge in [-0.1, -0.05) is 35.5 Å². The molecular formula is C33H28F2N8OS. The first kappa shape index (κ1) is 29.7. The molecule has 3 aromatic heterocycles. The van der Waals surface area contributed by atoms with Gasteiger partial charge in [0.05, 0.1) is 18.1 Å². The second kappa shape index (κ2) is 14.0. The van der Waals surface area contributed by atoms with Gasteiger partial charge in [-0.2, -0.15) is 9.36 Å². The number of carbonyl (C=O) groups excluding carboxylic acids is 1. The molecule has 0 bridgehead atoms. The lowest BCUT2D eigenvalue weighted by atomic mass is 9.88. The second-order valence-electron chi connectivity index (χ2n) is 10.3. The fourth-order valence-electron chi connectivity index (χ4n) is 4.98. The first-order chi connectivity index (χ1) is 22.0. The summed E-state index contributed by atoms with van der Waals surface area (Å²) in [6.45, 7) is 0.769. The van der Waals surface area contributed by atoms with E-state index in [1.54, 1.807) is 52.4 Å². The van der Waals surface area contributed by atoms with Gasteiger partial charge in [0.25, 0.3) is 0 Å². The van der Waals surface area contributed by atoms with Gasteiger partial charge in [0.15, 0.2) is 5.82 Å². The normalized spacial score (nSPS) is 11.1. The number of pyridine rings is 1. The van der Waals surface area contributed by atoms with Crippen LogP contribution in [0.2, 0.25) is 0 Å². The van der Waals surface area contributed by atoms with Crippen LogP contribution in [0.15, 0.2) is 110 Å². The number of aromatic nitrogens is 6. The zero-order valence-electron chi connectivity index (χ0n) is 24.0. The smallest absolute Gasteiger partial charge is 0.323 e. The summed E-state index contributed by atoms with van der Waals surface area (Å²) >= 11 is 1.10. The minimum absolute atomic E-state index is 0.190. The lowest BCUT2D eigenvalue weighted by Gasteiger charge is -2.26. The molecule has 0 aliphatic heterocycles. The average Bonchev–Trinajstić information content (AvgIpc) is 3.78. The van der Waals surface area contributed by atoms with E-state index in [-0.39, 0.29) is 23.6 Å². The average molecular weight is 623 g/mol. The van der Waals surface area contributed by atoms with Crippen molar-refractivity contribution in [2.24, 2.45) is 0 Å². The van der Waals surface area contributed by atoms with Gasteiger partial charge < -0.3 is 4.90 Å². The number of nitrogens with zero attached hydrogens (tertiary/aromatic N) is 7. The van der Waals surface area contributed by atoms with Crippen molar-refractivity contribution in [2.45, 2.75) is 18.8 Å². The Morgan fingerprint density at radius 3 is 2.20 bits per heavy atom. The highest BCUT2D eigenvalue weighted by atomic mass is 32.1. The van der Waals surface area contributed by atoms with Crippen LogP contribution in [0.4, 0.5) is 18.7 Å². The largest absolute Gasteiger partial charge is 0.324 e. The Hall–Kier alpha value is -5.36. The minimum atomic E-state index is -0.337. The molecule has 0 aliphatic carbocycles. The summed E-state index contributed by atoms with van der Waals surface area (Å²) in [5.74, 6) is -0.371. The monoisotopic (exact) mass is 622 g/mol. The van der Waals surface area contributed by atoms with Crippen LogP contribution in [-0.2, 0) is 6.42 Å². The number of nitrogens with one attached hydrogen (secondary N) is 1. The van der Waals surface area contributed by atoms with Gasteiger partial charge in [-0.05, 0) is 78.2 Å². The molecule has 1 N–H and O–H groups in total. The molecule has 226 valence electrons. The maximum atomic E-state index is 13.7. The van der Waals surface area contributed by atoms with Crippen LogP contribution in [0, 0.1) is 11.6 Å². The fourth-order valence-corrected chi connectivity index (χ4v) is 5.56. The van der Waals surface area contributed by atoms with E-state index in [1.807, 2.05) is 42.5 Å². The van der Waals surface area contributed by atoms with Crippen molar-refractivity contribution in [3.05, 3.63) is 138 Å². The van der Waals surface area contributed by atoms with Gasteiger partial charge in [0.2, 0.25) is 5.13 Å². The lowest BCUT2D eigenvalue weighted by Crippen LogP contribution is -2.38. The Morgan fingerprint density at radius 2 is 1.58 bits per heavy atom. The summed E-state index contributed by atoms with van der Waals surface area (Å²) in [6, 6.07) is 25.4. The van der Waals surface area contributed by atoms with E-state index in [1.165, 1.54) is 24.3 Å². The number of hydrogen-bond acceptors (Lipinski definition) is 7. The Labute approximate surface area is 262 Å². The van der Waals surface area contributed by atoms with Gasteiger partial charge in [-0.3, -0.25) is 10.3 Å². The quantitative estimate of drug-likeness (QED) is 0.171. The van der Waals surface area contributed by atoms with Gasteiger partial charge in [-0.25, -0.2) is 18.3 Å². The number of benzene rings is 3. The number of carbonyl (C=O) groups is 1. The molecule has 0 atom stereocenters. The third kappa shape index (κ3) is 7.60. The molecule has 6 aromatic rings. The van der Waals surface area contributed by atoms with Crippen molar-refractivity contribution in [1.29, 1.82) is 0 Å². The van der Waals surface area contributed by atoms with Gasteiger partial charge in [-0.15, -0.1) is 5.10 Å². The number of urea groups is 1. The maximum Gasteiger partial charge on any atom is 0.323 e. The van der Waals surface area contributed by atoms with E-state index in [2.05, 4.69) is 30.0 Å². The molecule has 0 fully saturated rings. The van der Waals surface area contributed by atoms with Gasteiger partial charge in [0.1, 0.15) is 11.6 Å². The summed E-state index contributed by atoms with van der Waals surface area (Å²) in [6.07, 6.45) is 6.15. The fraction of sp³-hybridized carbons (Fsp3) is 0.152. The van der Waals surface area contributed by atoms with Crippen molar-refractivity contribution in [3.63, 3.8) is 0 Å². The predicted octanol–water partition coefficient (Wildman–Crippen LogP) is 6.76. The summed E-state index contributed by atoms with van der Waals surface area (Å²) < 4.78 is 33.6. The molecule has 3 heterocycles. The first-order valence-electron chi connectivity index (χ1n) is 14.3. The molecule has 0 radical (unpaired) electrons. The van der Waals surface area contributed by atoms with Gasteiger partial charge >= 0.3 is 6.03 Å². The minimum Gasteiger partial charge on any atom is -0.324 e. The molecule has 0 aliphatic rings. The highest BCUT2D eigenvalue weighted by Crippen LogP contribution is 2.29. The van der Waals surface area contributed by atoms with E-state index in [9.17, 15) is 13.6 Å². The van der Waals surface area contributed by atoms with Crippen molar-refractivity contribution < 1.29 is 13.6 Å². The number of halogens is 2. The highest BCUT2D eigenvalue weighted by molar-refractivity contribution is 7.10. The zero-order chi connectivity index (χ0) is 31.0. The summed E-state index contributed by atoms with van der Waals surface area (Å²) in [5, 5.41) is 11.1. The molecule has 3 aromatic carbocycles. The topological polar surface area (TPSA) is 102 Å². The highest BCUT2D eigenvalue weighted by Gasteiger charge is 2.21. The van der Waals surface area contributed by atoms with Crippen LogP contribution >= 0.6 is 11.5 Å². The van der Waals surface area contributed by atoms with E-state index in [0.717, 1.165) is 39.6 Å². The third-order valence-electron chi connectivity index (χ3n) is 7.34. The number of rotatable bonds is 11. The molecule has 2 amide bonds. The Balaban J connectivity index is 1.19. The van der Waals surface area contributed by atoms with Crippen molar-refractivity contribution in [2.75, 3.05) is 18.4 Å². The zero-order valence-corrected chi connectivity index (χ0v) is 24.8. The summed E-state index contributed by atoms with van der Waals surface area (Å²) in [4.78, 5) is 24.3. The molecule has 45 heavy (non-hydrogen) atoms. The summed E-state index contributed by atoms with van der Waals surface area (Å²) in [7, 11) is 0.